The molecule has 1 saturated heterocycles. The Labute approximate surface area is 118 Å². The molecule has 0 radical (unpaired) electrons. The third-order valence-electron chi connectivity index (χ3n) is 2.83. The van der Waals surface area contributed by atoms with Crippen molar-refractivity contribution in [3.63, 3.8) is 0 Å². The van der Waals surface area contributed by atoms with Gasteiger partial charge in [-0.25, -0.2) is 8.78 Å². The van der Waals surface area contributed by atoms with Gasteiger partial charge in [-0.05, 0) is 18.6 Å². The van der Waals surface area contributed by atoms with E-state index in [1.807, 2.05) is 0 Å². The lowest BCUT2D eigenvalue weighted by atomic mass is 10.1. The molecule has 1 unspecified atom stereocenters. The first-order valence-corrected chi connectivity index (χ1v) is 6.16. The molecule has 0 aliphatic carbocycles. The van der Waals surface area contributed by atoms with Gasteiger partial charge in [-0.3, -0.25) is 19.7 Å². The van der Waals surface area contributed by atoms with E-state index in [4.69, 9.17) is 4.74 Å². The Morgan fingerprint density at radius 2 is 2.14 bits per heavy atom. The average molecular weight is 298 g/mol. The molecule has 21 heavy (non-hydrogen) atoms. The van der Waals surface area contributed by atoms with Crippen LogP contribution in [-0.4, -0.2) is 30.4 Å². The van der Waals surface area contributed by atoms with E-state index >= 15 is 0 Å². The maximum absolute atomic E-state index is 13.3. The summed E-state index contributed by atoms with van der Waals surface area (Å²) in [5, 5.41) is 4.45. The van der Waals surface area contributed by atoms with Crippen LogP contribution in [0.2, 0.25) is 0 Å². The van der Waals surface area contributed by atoms with E-state index in [1.165, 1.54) is 0 Å². The number of halogens is 2. The first kappa shape index (κ1) is 14.9. The highest BCUT2D eigenvalue weighted by atomic mass is 19.1. The summed E-state index contributed by atoms with van der Waals surface area (Å²) in [5.41, 5.74) is 0. The monoisotopic (exact) mass is 298 g/mol. The average Bonchev–Trinajstić information content (AvgIpc) is 2.41. The summed E-state index contributed by atoms with van der Waals surface area (Å²) in [6.45, 7) is -0.528. The van der Waals surface area contributed by atoms with Crippen LogP contribution < -0.4 is 15.4 Å². The zero-order chi connectivity index (χ0) is 15.4. The third kappa shape index (κ3) is 3.98. The quantitative estimate of drug-likeness (QED) is 0.781. The van der Waals surface area contributed by atoms with E-state index in [2.05, 4.69) is 10.6 Å². The van der Waals surface area contributed by atoms with Gasteiger partial charge in [-0.15, -0.1) is 0 Å². The van der Waals surface area contributed by atoms with Gasteiger partial charge in [0.1, 0.15) is 11.9 Å². The zero-order valence-electron chi connectivity index (χ0n) is 10.8. The molecule has 2 rings (SSSR count). The largest absolute Gasteiger partial charge is 0.481 e. The van der Waals surface area contributed by atoms with Crippen LogP contribution in [0.5, 0.6) is 5.75 Å². The van der Waals surface area contributed by atoms with Crippen molar-refractivity contribution in [2.45, 2.75) is 18.9 Å². The van der Waals surface area contributed by atoms with Crippen molar-refractivity contribution in [2.75, 3.05) is 6.61 Å². The minimum absolute atomic E-state index is 0.129. The molecule has 1 aliphatic rings. The Hall–Kier alpha value is -2.51. The van der Waals surface area contributed by atoms with Crippen LogP contribution in [0.1, 0.15) is 12.8 Å². The Morgan fingerprint density at radius 3 is 2.81 bits per heavy atom. The number of piperidine rings is 1. The third-order valence-corrected chi connectivity index (χ3v) is 2.83. The van der Waals surface area contributed by atoms with Crippen molar-refractivity contribution in [1.29, 1.82) is 0 Å². The summed E-state index contributed by atoms with van der Waals surface area (Å²) in [4.78, 5) is 33.9. The zero-order valence-corrected chi connectivity index (χ0v) is 10.8. The fourth-order valence-electron chi connectivity index (χ4n) is 1.80. The Balaban J connectivity index is 1.85. The first-order valence-electron chi connectivity index (χ1n) is 6.16. The van der Waals surface area contributed by atoms with Crippen molar-refractivity contribution >= 4 is 17.7 Å². The molecule has 0 saturated carbocycles. The van der Waals surface area contributed by atoms with E-state index in [9.17, 15) is 23.2 Å². The van der Waals surface area contributed by atoms with Crippen LogP contribution in [0.4, 0.5) is 8.78 Å². The topological polar surface area (TPSA) is 84.5 Å². The molecule has 0 bridgehead atoms. The summed E-state index contributed by atoms with van der Waals surface area (Å²) in [7, 11) is 0. The van der Waals surface area contributed by atoms with Gasteiger partial charge < -0.3 is 10.1 Å². The molecule has 1 aromatic rings. The van der Waals surface area contributed by atoms with Crippen LogP contribution in [-0.2, 0) is 14.4 Å². The minimum atomic E-state index is -0.927. The second-order valence-electron chi connectivity index (χ2n) is 4.43. The fourth-order valence-corrected chi connectivity index (χ4v) is 1.80. The van der Waals surface area contributed by atoms with E-state index in [1.54, 1.807) is 0 Å². The molecule has 1 fully saturated rings. The summed E-state index contributed by atoms with van der Waals surface area (Å²) in [6, 6.07) is 1.87. The minimum Gasteiger partial charge on any atom is -0.481 e. The number of amides is 3. The van der Waals surface area contributed by atoms with Crippen LogP contribution in [0.3, 0.4) is 0 Å². The summed E-state index contributed by atoms with van der Waals surface area (Å²) < 4.78 is 30.8. The Bertz CT molecular complexity index is 592. The Morgan fingerprint density at radius 1 is 1.38 bits per heavy atom. The number of hydrogen-bond acceptors (Lipinski definition) is 4. The van der Waals surface area contributed by atoms with Crippen molar-refractivity contribution in [3.05, 3.63) is 29.8 Å². The molecule has 1 heterocycles. The highest BCUT2D eigenvalue weighted by molar-refractivity contribution is 6.01. The maximum Gasteiger partial charge on any atom is 0.258 e. The number of carbonyl (C=O) groups is 3. The second kappa shape index (κ2) is 6.29. The van der Waals surface area contributed by atoms with Gasteiger partial charge in [-0.1, -0.05) is 0 Å². The molecule has 1 aromatic carbocycles. The number of carbonyl (C=O) groups excluding carboxylic acids is 3. The maximum atomic E-state index is 13.3. The molecule has 2 N–H and O–H groups in total. The van der Waals surface area contributed by atoms with Gasteiger partial charge in [-0.2, -0.15) is 0 Å². The van der Waals surface area contributed by atoms with Gasteiger partial charge in [0.25, 0.3) is 5.91 Å². The van der Waals surface area contributed by atoms with Crippen molar-refractivity contribution in [1.82, 2.24) is 10.6 Å². The van der Waals surface area contributed by atoms with Crippen LogP contribution in [0.25, 0.3) is 0 Å². The molecule has 0 spiro atoms. The van der Waals surface area contributed by atoms with Crippen molar-refractivity contribution in [2.24, 2.45) is 0 Å². The molecule has 112 valence electrons. The van der Waals surface area contributed by atoms with E-state index < -0.39 is 42.0 Å². The summed E-state index contributed by atoms with van der Waals surface area (Å²) >= 11 is 0. The fraction of sp³-hybridized carbons (Fsp3) is 0.308. The smallest absolute Gasteiger partial charge is 0.258 e. The second-order valence-corrected chi connectivity index (χ2v) is 4.43. The van der Waals surface area contributed by atoms with Crippen LogP contribution in [0, 0.1) is 11.6 Å². The number of rotatable bonds is 4. The highest BCUT2D eigenvalue weighted by Gasteiger charge is 2.27. The molecule has 1 aliphatic heterocycles. The molecule has 0 aromatic heterocycles. The van der Waals surface area contributed by atoms with Crippen molar-refractivity contribution in [3.8, 4) is 5.75 Å². The van der Waals surface area contributed by atoms with Gasteiger partial charge in [0.15, 0.2) is 18.2 Å². The van der Waals surface area contributed by atoms with E-state index in [-0.39, 0.29) is 18.6 Å². The lowest BCUT2D eigenvalue weighted by Crippen LogP contribution is -2.53. The van der Waals surface area contributed by atoms with Gasteiger partial charge in [0.2, 0.25) is 11.8 Å². The van der Waals surface area contributed by atoms with Gasteiger partial charge in [0.05, 0.1) is 0 Å². The summed E-state index contributed by atoms with van der Waals surface area (Å²) in [5.74, 6) is -3.58. The number of benzene rings is 1. The predicted molar refractivity (Wildman–Crippen MR) is 66.2 cm³/mol. The highest BCUT2D eigenvalue weighted by Crippen LogP contribution is 2.17. The van der Waals surface area contributed by atoms with Gasteiger partial charge in [0, 0.05) is 12.5 Å². The predicted octanol–water partition coefficient (Wildman–Crippen LogP) is 0.265. The van der Waals surface area contributed by atoms with E-state index in [0.717, 1.165) is 12.1 Å². The molecule has 1 atom stereocenters. The normalized spacial score (nSPS) is 18.1. The number of ether oxygens (including phenoxy) is 1. The molecule has 3 amide bonds. The van der Waals surface area contributed by atoms with E-state index in [0.29, 0.717) is 6.07 Å². The lowest BCUT2D eigenvalue weighted by Gasteiger charge is -2.21. The Kier molecular flexibility index (Phi) is 4.46. The molecule has 6 nitrogen and oxygen atoms in total. The van der Waals surface area contributed by atoms with Crippen LogP contribution >= 0.6 is 0 Å². The van der Waals surface area contributed by atoms with Crippen LogP contribution in [0.15, 0.2) is 18.2 Å². The number of nitrogens with one attached hydrogen (secondary N) is 2. The number of imide groups is 1. The lowest BCUT2D eigenvalue weighted by molar-refractivity contribution is -0.137. The molecule has 8 heteroatoms. The van der Waals surface area contributed by atoms with Gasteiger partial charge >= 0.3 is 0 Å². The SMILES string of the molecule is O=C1CCC(NC(=O)COc2ccc(F)cc2F)C(=O)N1. The molecular weight excluding hydrogens is 286 g/mol. The first-order chi connectivity index (χ1) is 9.95. The summed E-state index contributed by atoms with van der Waals surface area (Å²) in [6.07, 6.45) is 0.325. The molecular formula is C13H12F2N2O4. The number of hydrogen-bond donors (Lipinski definition) is 2. The standard InChI is InChI=1S/C13H12F2N2O4/c14-7-1-3-10(8(15)5-7)21-6-12(19)16-9-2-4-11(18)17-13(9)20/h1,3,5,9H,2,4,6H2,(H,16,19)(H,17,18,20). The van der Waals surface area contributed by atoms with Crippen molar-refractivity contribution < 1.29 is 27.9 Å².